The number of rotatable bonds is 2. The highest BCUT2D eigenvalue weighted by Gasteiger charge is 2.59. The Kier molecular flexibility index (Phi) is 3.66. The summed E-state index contributed by atoms with van der Waals surface area (Å²) < 4.78 is 36.9. The molecule has 0 aromatic heterocycles. The van der Waals surface area contributed by atoms with Crippen molar-refractivity contribution < 1.29 is 27.6 Å². The molecule has 1 saturated carbocycles. The van der Waals surface area contributed by atoms with Gasteiger partial charge < -0.3 is 9.84 Å². The van der Waals surface area contributed by atoms with Crippen molar-refractivity contribution in [2.75, 3.05) is 5.75 Å². The molecule has 1 heterocycles. The quantitative estimate of drug-likeness (QED) is 0.448. The van der Waals surface area contributed by atoms with Crippen molar-refractivity contribution in [3.05, 3.63) is 11.6 Å². The van der Waals surface area contributed by atoms with Gasteiger partial charge in [0, 0.05) is 17.3 Å². The molecule has 0 spiro atoms. The lowest BCUT2D eigenvalue weighted by Crippen LogP contribution is -2.52. The molecule has 124 valence electrons. The molecule has 0 amide bonds. The van der Waals surface area contributed by atoms with Gasteiger partial charge >= 0.3 is 5.97 Å². The van der Waals surface area contributed by atoms with Crippen LogP contribution in [0.25, 0.3) is 0 Å². The molecule has 7 heteroatoms. The van der Waals surface area contributed by atoms with Crippen LogP contribution >= 0.6 is 0 Å². The first-order valence-corrected chi connectivity index (χ1v) is 9.25. The van der Waals surface area contributed by atoms with Gasteiger partial charge in [0.25, 0.3) is 10.1 Å². The molecule has 0 aromatic rings. The van der Waals surface area contributed by atoms with E-state index in [9.17, 15) is 18.3 Å². The molecular formula is C15H22O6S. The maximum atomic E-state index is 12.1. The van der Waals surface area contributed by atoms with Gasteiger partial charge in [0.1, 0.15) is 6.10 Å². The Labute approximate surface area is 130 Å². The van der Waals surface area contributed by atoms with E-state index < -0.39 is 40.0 Å². The zero-order valence-electron chi connectivity index (χ0n) is 12.7. The standard InChI is InChI=1S/C15H22O6S/c1-8-3-4-11(16)15(2)6-5-9-10(7-22(18,19)20)14(17)21-13(9)12(8)15/h3,9-13,16H,4-7H2,1-2H3,(H,18,19,20). The summed E-state index contributed by atoms with van der Waals surface area (Å²) >= 11 is 0. The molecule has 2 N–H and O–H groups in total. The molecule has 0 radical (unpaired) electrons. The molecule has 0 aromatic carbocycles. The maximum absolute atomic E-state index is 12.1. The summed E-state index contributed by atoms with van der Waals surface area (Å²) in [6, 6.07) is 0. The monoisotopic (exact) mass is 330 g/mol. The van der Waals surface area contributed by atoms with Gasteiger partial charge in [-0.3, -0.25) is 9.35 Å². The van der Waals surface area contributed by atoms with Gasteiger partial charge in [0.2, 0.25) is 0 Å². The summed E-state index contributed by atoms with van der Waals surface area (Å²) in [5.41, 5.74) is 0.732. The van der Waals surface area contributed by atoms with Crippen molar-refractivity contribution in [3.63, 3.8) is 0 Å². The average Bonchev–Trinajstić information content (AvgIpc) is 2.69. The van der Waals surface area contributed by atoms with Crippen LogP contribution in [0.5, 0.6) is 0 Å². The second kappa shape index (κ2) is 5.04. The fraction of sp³-hybridized carbons (Fsp3) is 0.800. The zero-order chi connectivity index (χ0) is 16.3. The molecule has 6 atom stereocenters. The highest BCUT2D eigenvalue weighted by Crippen LogP contribution is 2.56. The molecule has 1 saturated heterocycles. The van der Waals surface area contributed by atoms with Crippen LogP contribution in [0, 0.1) is 23.2 Å². The first kappa shape index (κ1) is 16.0. The maximum Gasteiger partial charge on any atom is 0.310 e. The summed E-state index contributed by atoms with van der Waals surface area (Å²) in [5.74, 6) is -2.26. The minimum Gasteiger partial charge on any atom is -0.461 e. The van der Waals surface area contributed by atoms with Crippen LogP contribution in [-0.4, -0.2) is 42.0 Å². The van der Waals surface area contributed by atoms with Crippen LogP contribution in [0.3, 0.4) is 0 Å². The predicted molar refractivity (Wildman–Crippen MR) is 78.5 cm³/mol. The van der Waals surface area contributed by atoms with Crippen LogP contribution in [0.2, 0.25) is 0 Å². The molecule has 0 bridgehead atoms. The first-order chi connectivity index (χ1) is 10.1. The SMILES string of the molecule is CC1=CCC(O)C2(C)CCC3C(CS(=O)(=O)O)C(=O)OC3C12. The summed E-state index contributed by atoms with van der Waals surface area (Å²) in [7, 11) is -4.22. The van der Waals surface area contributed by atoms with Crippen molar-refractivity contribution in [2.24, 2.45) is 23.2 Å². The number of esters is 1. The summed E-state index contributed by atoms with van der Waals surface area (Å²) in [6.07, 6.45) is 3.01. The van der Waals surface area contributed by atoms with E-state index >= 15 is 0 Å². The van der Waals surface area contributed by atoms with Gasteiger partial charge in [-0.2, -0.15) is 8.42 Å². The van der Waals surface area contributed by atoms with Crippen LogP contribution in [0.1, 0.15) is 33.1 Å². The number of hydrogen-bond donors (Lipinski definition) is 2. The van der Waals surface area contributed by atoms with Gasteiger partial charge in [0.05, 0.1) is 17.8 Å². The Morgan fingerprint density at radius 3 is 2.77 bits per heavy atom. The number of hydrogen-bond acceptors (Lipinski definition) is 5. The topological polar surface area (TPSA) is 101 Å². The average molecular weight is 330 g/mol. The van der Waals surface area contributed by atoms with Crippen LogP contribution in [-0.2, 0) is 19.6 Å². The van der Waals surface area contributed by atoms with E-state index in [0.29, 0.717) is 19.3 Å². The van der Waals surface area contributed by atoms with Crippen molar-refractivity contribution in [1.29, 1.82) is 0 Å². The van der Waals surface area contributed by atoms with E-state index in [1.165, 1.54) is 0 Å². The Bertz CT molecular complexity index is 624. The molecule has 1 aliphatic heterocycles. The van der Waals surface area contributed by atoms with E-state index in [1.54, 1.807) is 0 Å². The van der Waals surface area contributed by atoms with Gasteiger partial charge in [-0.05, 0) is 26.2 Å². The Morgan fingerprint density at radius 1 is 1.45 bits per heavy atom. The summed E-state index contributed by atoms with van der Waals surface area (Å²) in [5, 5.41) is 10.4. The first-order valence-electron chi connectivity index (χ1n) is 7.64. The second-order valence-corrected chi connectivity index (χ2v) is 8.64. The van der Waals surface area contributed by atoms with Gasteiger partial charge in [0.15, 0.2) is 0 Å². The highest BCUT2D eigenvalue weighted by atomic mass is 32.2. The lowest BCUT2D eigenvalue weighted by Gasteiger charge is -2.51. The smallest absolute Gasteiger partial charge is 0.310 e. The van der Waals surface area contributed by atoms with E-state index in [0.717, 1.165) is 5.57 Å². The van der Waals surface area contributed by atoms with E-state index in [2.05, 4.69) is 0 Å². The molecular weight excluding hydrogens is 308 g/mol. The Morgan fingerprint density at radius 2 is 2.14 bits per heavy atom. The van der Waals surface area contributed by atoms with Crippen molar-refractivity contribution in [2.45, 2.75) is 45.3 Å². The number of carbonyl (C=O) groups is 1. The lowest BCUT2D eigenvalue weighted by molar-refractivity contribution is -0.151. The lowest BCUT2D eigenvalue weighted by atomic mass is 9.55. The number of aliphatic hydroxyl groups excluding tert-OH is 1. The minimum atomic E-state index is -4.22. The van der Waals surface area contributed by atoms with Crippen molar-refractivity contribution in [1.82, 2.24) is 0 Å². The fourth-order valence-electron chi connectivity index (χ4n) is 4.67. The summed E-state index contributed by atoms with van der Waals surface area (Å²) in [4.78, 5) is 12.1. The van der Waals surface area contributed by atoms with Crippen molar-refractivity contribution in [3.8, 4) is 0 Å². The van der Waals surface area contributed by atoms with Crippen LogP contribution < -0.4 is 0 Å². The van der Waals surface area contributed by atoms with Crippen LogP contribution in [0.15, 0.2) is 11.6 Å². The fourth-order valence-corrected chi connectivity index (χ4v) is 5.50. The summed E-state index contributed by atoms with van der Waals surface area (Å²) in [6.45, 7) is 3.99. The predicted octanol–water partition coefficient (Wildman–Crippen LogP) is 1.16. The zero-order valence-corrected chi connectivity index (χ0v) is 13.5. The molecule has 3 aliphatic rings. The van der Waals surface area contributed by atoms with Gasteiger partial charge in [-0.25, -0.2) is 0 Å². The largest absolute Gasteiger partial charge is 0.461 e. The highest BCUT2D eigenvalue weighted by molar-refractivity contribution is 7.85. The number of fused-ring (bicyclic) bond motifs is 3. The van der Waals surface area contributed by atoms with Gasteiger partial charge in [-0.15, -0.1) is 0 Å². The molecule has 2 aliphatic carbocycles. The third-order valence-electron chi connectivity index (χ3n) is 5.85. The van der Waals surface area contributed by atoms with Gasteiger partial charge in [-0.1, -0.05) is 18.6 Å². The Hall–Kier alpha value is -0.920. The normalized spacial score (nSPS) is 44.8. The van der Waals surface area contributed by atoms with E-state index in [1.807, 2.05) is 19.9 Å². The number of ether oxygens (including phenoxy) is 1. The minimum absolute atomic E-state index is 0.0923. The number of carbonyl (C=O) groups excluding carboxylic acids is 1. The Balaban J connectivity index is 1.94. The molecule has 6 nitrogen and oxygen atoms in total. The molecule has 3 rings (SSSR count). The molecule has 2 fully saturated rings. The van der Waals surface area contributed by atoms with Crippen LogP contribution in [0.4, 0.5) is 0 Å². The third-order valence-corrected chi connectivity index (χ3v) is 6.63. The molecule has 6 unspecified atom stereocenters. The van der Waals surface area contributed by atoms with E-state index in [-0.39, 0.29) is 17.3 Å². The van der Waals surface area contributed by atoms with Crippen molar-refractivity contribution >= 4 is 16.1 Å². The molecule has 22 heavy (non-hydrogen) atoms. The van der Waals surface area contributed by atoms with E-state index in [4.69, 9.17) is 9.29 Å². The number of aliphatic hydroxyl groups is 1. The third kappa shape index (κ3) is 2.39. The second-order valence-electron chi connectivity index (χ2n) is 7.14.